The lowest BCUT2D eigenvalue weighted by molar-refractivity contribution is 0.977. The van der Waals surface area contributed by atoms with Gasteiger partial charge in [-0.2, -0.15) is 0 Å². The Kier molecular flexibility index (Phi) is 3.34. The maximum atomic E-state index is 6.12. The lowest BCUT2D eigenvalue weighted by atomic mass is 10.3. The fourth-order valence-corrected chi connectivity index (χ4v) is 2.15. The molecule has 100 valence electrons. The fourth-order valence-electron chi connectivity index (χ4n) is 1.77. The van der Waals surface area contributed by atoms with Crippen LogP contribution in [0.4, 0.5) is 17.2 Å². The van der Waals surface area contributed by atoms with Gasteiger partial charge in [-0.3, -0.25) is 4.57 Å². The molecule has 0 saturated heterocycles. The summed E-state index contributed by atoms with van der Waals surface area (Å²) in [6.07, 6.45) is 6.55. The Hall–Kier alpha value is -2.41. The second-order valence-corrected chi connectivity index (χ2v) is 4.89. The van der Waals surface area contributed by atoms with E-state index in [9.17, 15) is 0 Å². The zero-order valence-corrected chi connectivity index (χ0v) is 11.9. The van der Waals surface area contributed by atoms with Crippen molar-refractivity contribution >= 4 is 33.1 Å². The molecule has 0 unspecified atom stereocenters. The predicted octanol–water partition coefficient (Wildman–Crippen LogP) is 2.75. The van der Waals surface area contributed by atoms with E-state index in [0.29, 0.717) is 17.3 Å². The van der Waals surface area contributed by atoms with Crippen molar-refractivity contribution in [2.45, 2.75) is 0 Å². The van der Waals surface area contributed by atoms with Crippen molar-refractivity contribution in [1.29, 1.82) is 0 Å². The molecular weight excluding hydrogens is 320 g/mol. The second kappa shape index (κ2) is 5.30. The molecule has 20 heavy (non-hydrogen) atoms. The van der Waals surface area contributed by atoms with Gasteiger partial charge in [0.25, 0.3) is 0 Å². The number of halogens is 1. The van der Waals surface area contributed by atoms with Crippen LogP contribution in [0.1, 0.15) is 0 Å². The third-order valence-corrected chi connectivity index (χ3v) is 3.43. The monoisotopic (exact) mass is 330 g/mol. The Morgan fingerprint density at radius 3 is 2.80 bits per heavy atom. The summed E-state index contributed by atoms with van der Waals surface area (Å²) in [4.78, 5) is 12.4. The molecule has 6 nitrogen and oxygen atoms in total. The topological polar surface area (TPSA) is 81.6 Å². The van der Waals surface area contributed by atoms with E-state index < -0.39 is 0 Å². The molecular formula is C13H11BrN6. The highest BCUT2D eigenvalue weighted by molar-refractivity contribution is 9.10. The van der Waals surface area contributed by atoms with Gasteiger partial charge in [-0.25, -0.2) is 15.0 Å². The van der Waals surface area contributed by atoms with Crippen LogP contribution in [0, 0.1) is 0 Å². The molecule has 7 heteroatoms. The molecule has 0 amide bonds. The summed E-state index contributed by atoms with van der Waals surface area (Å²) < 4.78 is 2.67. The third-order valence-electron chi connectivity index (χ3n) is 2.74. The highest BCUT2D eigenvalue weighted by atomic mass is 79.9. The van der Waals surface area contributed by atoms with E-state index in [1.807, 2.05) is 24.3 Å². The first kappa shape index (κ1) is 12.6. The van der Waals surface area contributed by atoms with Gasteiger partial charge >= 0.3 is 0 Å². The van der Waals surface area contributed by atoms with Crippen molar-refractivity contribution < 1.29 is 0 Å². The van der Waals surface area contributed by atoms with Crippen molar-refractivity contribution in [3.05, 3.63) is 53.8 Å². The van der Waals surface area contributed by atoms with E-state index in [1.54, 1.807) is 23.3 Å². The van der Waals surface area contributed by atoms with Gasteiger partial charge in [-0.1, -0.05) is 12.1 Å². The summed E-state index contributed by atoms with van der Waals surface area (Å²) in [6, 6.07) is 7.75. The van der Waals surface area contributed by atoms with Crippen LogP contribution >= 0.6 is 15.9 Å². The van der Waals surface area contributed by atoms with Gasteiger partial charge < -0.3 is 11.1 Å². The van der Waals surface area contributed by atoms with E-state index in [0.717, 1.165) is 10.2 Å². The van der Waals surface area contributed by atoms with Gasteiger partial charge in [0.15, 0.2) is 11.6 Å². The summed E-state index contributed by atoms with van der Waals surface area (Å²) in [6.45, 7) is 0. The molecule has 1 aromatic carbocycles. The number of hydrogen-bond donors (Lipinski definition) is 2. The van der Waals surface area contributed by atoms with Crippen LogP contribution in [0.15, 0.2) is 53.8 Å². The van der Waals surface area contributed by atoms with Crippen LogP contribution in [-0.4, -0.2) is 19.5 Å². The highest BCUT2D eigenvalue weighted by Crippen LogP contribution is 2.28. The normalized spacial score (nSPS) is 10.4. The molecule has 0 fully saturated rings. The first-order valence-electron chi connectivity index (χ1n) is 5.86. The Morgan fingerprint density at radius 1 is 1.20 bits per heavy atom. The van der Waals surface area contributed by atoms with Crippen LogP contribution in [-0.2, 0) is 0 Å². The number of benzene rings is 1. The number of nitrogens with one attached hydrogen (secondary N) is 1. The smallest absolute Gasteiger partial charge is 0.166 e. The lowest BCUT2D eigenvalue weighted by Gasteiger charge is -2.12. The minimum Gasteiger partial charge on any atom is -0.393 e. The molecule has 2 heterocycles. The summed E-state index contributed by atoms with van der Waals surface area (Å²) in [7, 11) is 0. The van der Waals surface area contributed by atoms with E-state index >= 15 is 0 Å². The molecule has 0 aliphatic rings. The van der Waals surface area contributed by atoms with Crippen LogP contribution in [0.5, 0.6) is 0 Å². The largest absolute Gasteiger partial charge is 0.393 e. The maximum Gasteiger partial charge on any atom is 0.166 e. The molecule has 0 bridgehead atoms. The van der Waals surface area contributed by atoms with Gasteiger partial charge in [-0.15, -0.1) is 0 Å². The van der Waals surface area contributed by atoms with Crippen molar-refractivity contribution in [3.8, 4) is 5.82 Å². The Bertz CT molecular complexity index is 725. The summed E-state index contributed by atoms with van der Waals surface area (Å²) in [5.41, 5.74) is 7.46. The second-order valence-electron chi connectivity index (χ2n) is 4.03. The van der Waals surface area contributed by atoms with Gasteiger partial charge in [-0.05, 0) is 28.1 Å². The number of nitrogens with two attached hydrogens (primary N) is 1. The molecule has 3 N–H and O–H groups in total. The number of anilines is 3. The van der Waals surface area contributed by atoms with Crippen molar-refractivity contribution in [2.24, 2.45) is 0 Å². The van der Waals surface area contributed by atoms with Crippen LogP contribution in [0.2, 0.25) is 0 Å². The number of para-hydroxylation sites is 1. The van der Waals surface area contributed by atoms with Crippen molar-refractivity contribution in [2.75, 3.05) is 11.1 Å². The minimum atomic E-state index is 0.459. The molecule has 0 radical (unpaired) electrons. The number of hydrogen-bond acceptors (Lipinski definition) is 5. The average molecular weight is 331 g/mol. The number of nitrogens with zero attached hydrogens (tertiary/aromatic N) is 4. The van der Waals surface area contributed by atoms with Gasteiger partial charge in [0.05, 0.1) is 5.69 Å². The Balaban J connectivity index is 1.99. The number of aromatic nitrogens is 4. The first-order valence-corrected chi connectivity index (χ1v) is 6.65. The van der Waals surface area contributed by atoms with E-state index in [2.05, 4.69) is 36.2 Å². The predicted molar refractivity (Wildman–Crippen MR) is 81.0 cm³/mol. The first-order chi connectivity index (χ1) is 9.75. The standard InChI is InChI=1S/C13H11BrN6/c14-9-3-1-2-4-10(9)19-12-11(15)13(18-7-17-12)20-6-5-16-8-20/h1-8H,15H2,(H,17,18,19). The van der Waals surface area contributed by atoms with Crippen LogP contribution in [0.25, 0.3) is 5.82 Å². The lowest BCUT2D eigenvalue weighted by Crippen LogP contribution is -2.06. The quantitative estimate of drug-likeness (QED) is 0.771. The van der Waals surface area contributed by atoms with Gasteiger partial charge in [0.1, 0.15) is 18.3 Å². The van der Waals surface area contributed by atoms with E-state index in [1.165, 1.54) is 6.33 Å². The van der Waals surface area contributed by atoms with Crippen LogP contribution < -0.4 is 11.1 Å². The number of rotatable bonds is 3. The number of nitrogen functional groups attached to an aromatic ring is 1. The maximum absolute atomic E-state index is 6.12. The van der Waals surface area contributed by atoms with Gasteiger partial charge in [0, 0.05) is 16.9 Å². The Morgan fingerprint density at radius 2 is 2.05 bits per heavy atom. The molecule has 0 aliphatic heterocycles. The summed E-state index contributed by atoms with van der Waals surface area (Å²) in [5.74, 6) is 1.14. The minimum absolute atomic E-state index is 0.459. The van der Waals surface area contributed by atoms with Crippen molar-refractivity contribution in [1.82, 2.24) is 19.5 Å². The SMILES string of the molecule is Nc1c(Nc2ccccc2Br)ncnc1-n1ccnc1. The van der Waals surface area contributed by atoms with Crippen molar-refractivity contribution in [3.63, 3.8) is 0 Å². The third kappa shape index (κ3) is 2.35. The molecule has 0 atom stereocenters. The van der Waals surface area contributed by atoms with E-state index in [-0.39, 0.29) is 0 Å². The average Bonchev–Trinajstić information content (AvgIpc) is 2.97. The zero-order valence-electron chi connectivity index (χ0n) is 10.4. The molecule has 2 aromatic heterocycles. The summed E-state index contributed by atoms with van der Waals surface area (Å²) in [5, 5.41) is 3.19. The fraction of sp³-hybridized carbons (Fsp3) is 0. The molecule has 3 aromatic rings. The zero-order chi connectivity index (χ0) is 13.9. The van der Waals surface area contributed by atoms with Gasteiger partial charge in [0.2, 0.25) is 0 Å². The number of imidazole rings is 1. The summed E-state index contributed by atoms with van der Waals surface area (Å²) >= 11 is 3.47. The van der Waals surface area contributed by atoms with E-state index in [4.69, 9.17) is 5.73 Å². The molecule has 0 saturated carbocycles. The molecule has 0 spiro atoms. The molecule has 3 rings (SSSR count). The molecule has 0 aliphatic carbocycles. The van der Waals surface area contributed by atoms with Crippen LogP contribution in [0.3, 0.4) is 0 Å². The Labute approximate surface area is 123 Å². The highest BCUT2D eigenvalue weighted by Gasteiger charge is 2.10.